The molecular weight excluding hydrogens is 312 g/mol. The van der Waals surface area contributed by atoms with E-state index in [-0.39, 0.29) is 6.54 Å². The molecule has 5 nitrogen and oxygen atoms in total. The number of nitrogens with zero attached hydrogens (tertiary/aromatic N) is 1. The van der Waals surface area contributed by atoms with Gasteiger partial charge in [-0.3, -0.25) is 4.72 Å². The molecule has 7 heteroatoms. The van der Waals surface area contributed by atoms with E-state index in [2.05, 4.69) is 4.72 Å². The second kappa shape index (κ2) is 5.46. The summed E-state index contributed by atoms with van der Waals surface area (Å²) in [6.07, 6.45) is 0. The van der Waals surface area contributed by atoms with Crippen LogP contribution in [-0.4, -0.2) is 21.6 Å². The van der Waals surface area contributed by atoms with Crippen LogP contribution in [0.2, 0.25) is 5.02 Å². The predicted octanol–water partition coefficient (Wildman–Crippen LogP) is 2.90. The van der Waals surface area contributed by atoms with Gasteiger partial charge < -0.3 is 4.74 Å². The average molecular weight is 325 g/mol. The van der Waals surface area contributed by atoms with Crippen molar-refractivity contribution < 1.29 is 13.2 Å². The van der Waals surface area contributed by atoms with Crippen molar-refractivity contribution in [3.8, 4) is 5.75 Å². The third-order valence-electron chi connectivity index (χ3n) is 3.09. The van der Waals surface area contributed by atoms with Gasteiger partial charge in [0.15, 0.2) is 0 Å². The van der Waals surface area contributed by atoms with Gasteiger partial charge in [0.25, 0.3) is 0 Å². The fourth-order valence-corrected chi connectivity index (χ4v) is 3.66. The van der Waals surface area contributed by atoms with Gasteiger partial charge in [0, 0.05) is 0 Å². The fourth-order valence-electron chi connectivity index (χ4n) is 2.13. The van der Waals surface area contributed by atoms with Gasteiger partial charge in [-0.15, -0.1) is 0 Å². The molecule has 0 fully saturated rings. The van der Waals surface area contributed by atoms with Gasteiger partial charge in [0.1, 0.15) is 12.4 Å². The SMILES string of the molecule is O=S(=O)(Nc1ccccc1Cl)N1CCOc2ccccc21. The summed E-state index contributed by atoms with van der Waals surface area (Å²) in [4.78, 5) is 0. The molecule has 0 atom stereocenters. The zero-order chi connectivity index (χ0) is 14.9. The quantitative estimate of drug-likeness (QED) is 0.944. The Bertz CT molecular complexity index is 764. The zero-order valence-electron chi connectivity index (χ0n) is 11.0. The van der Waals surface area contributed by atoms with E-state index in [1.807, 2.05) is 0 Å². The first-order valence-corrected chi connectivity index (χ1v) is 8.16. The summed E-state index contributed by atoms with van der Waals surface area (Å²) in [5.74, 6) is 0.549. The molecule has 1 aliphatic heterocycles. The third kappa shape index (κ3) is 2.77. The summed E-state index contributed by atoms with van der Waals surface area (Å²) in [6.45, 7) is 0.553. The van der Waals surface area contributed by atoms with Crippen molar-refractivity contribution in [1.82, 2.24) is 0 Å². The second-order valence-electron chi connectivity index (χ2n) is 4.48. The molecule has 2 aromatic rings. The highest BCUT2D eigenvalue weighted by molar-refractivity contribution is 7.94. The molecule has 0 amide bonds. The molecule has 0 saturated carbocycles. The smallest absolute Gasteiger partial charge is 0.324 e. The Morgan fingerprint density at radius 1 is 1.10 bits per heavy atom. The highest BCUT2D eigenvalue weighted by Gasteiger charge is 2.28. The summed E-state index contributed by atoms with van der Waals surface area (Å²) < 4.78 is 34.4. The van der Waals surface area contributed by atoms with Crippen LogP contribution < -0.4 is 13.8 Å². The van der Waals surface area contributed by atoms with E-state index >= 15 is 0 Å². The first-order valence-electron chi connectivity index (χ1n) is 6.35. The van der Waals surface area contributed by atoms with Crippen LogP contribution >= 0.6 is 11.6 Å². The maximum atomic E-state index is 12.6. The summed E-state index contributed by atoms with van der Waals surface area (Å²) in [5, 5.41) is 0.350. The van der Waals surface area contributed by atoms with Gasteiger partial charge in [0.2, 0.25) is 0 Å². The molecule has 0 unspecified atom stereocenters. The van der Waals surface area contributed by atoms with Gasteiger partial charge >= 0.3 is 10.2 Å². The van der Waals surface area contributed by atoms with Crippen molar-refractivity contribution in [2.45, 2.75) is 0 Å². The molecule has 0 radical (unpaired) electrons. The van der Waals surface area contributed by atoms with Crippen LogP contribution in [-0.2, 0) is 10.2 Å². The molecule has 1 N–H and O–H groups in total. The molecule has 110 valence electrons. The first kappa shape index (κ1) is 14.0. The van der Waals surface area contributed by atoms with Gasteiger partial charge in [-0.1, -0.05) is 35.9 Å². The molecule has 0 aliphatic carbocycles. The number of anilines is 2. The van der Waals surface area contributed by atoms with Crippen LogP contribution in [0.15, 0.2) is 48.5 Å². The minimum absolute atomic E-state index is 0.247. The molecule has 0 aromatic heterocycles. The van der Waals surface area contributed by atoms with E-state index in [9.17, 15) is 8.42 Å². The van der Waals surface area contributed by atoms with E-state index in [1.165, 1.54) is 4.31 Å². The second-order valence-corrected chi connectivity index (χ2v) is 6.48. The normalized spacial score (nSPS) is 14.2. The molecule has 1 aliphatic rings. The van der Waals surface area contributed by atoms with Gasteiger partial charge in [0.05, 0.1) is 22.9 Å². The molecule has 1 heterocycles. The van der Waals surface area contributed by atoms with Crippen molar-refractivity contribution in [3.63, 3.8) is 0 Å². The Labute approximate surface area is 128 Å². The molecule has 0 saturated heterocycles. The van der Waals surface area contributed by atoms with Crippen molar-refractivity contribution in [1.29, 1.82) is 0 Å². The summed E-state index contributed by atoms with van der Waals surface area (Å²) in [6, 6.07) is 13.7. The lowest BCUT2D eigenvalue weighted by Crippen LogP contribution is -2.41. The average Bonchev–Trinajstić information content (AvgIpc) is 2.49. The Kier molecular flexibility index (Phi) is 3.65. The van der Waals surface area contributed by atoms with Crippen LogP contribution in [0.25, 0.3) is 0 Å². The monoisotopic (exact) mass is 324 g/mol. The van der Waals surface area contributed by atoms with Crippen LogP contribution in [0.3, 0.4) is 0 Å². The summed E-state index contributed by atoms with van der Waals surface area (Å²) in [7, 11) is -3.75. The van der Waals surface area contributed by atoms with E-state index in [0.29, 0.717) is 28.8 Å². The topological polar surface area (TPSA) is 58.6 Å². The maximum absolute atomic E-state index is 12.6. The Morgan fingerprint density at radius 3 is 2.62 bits per heavy atom. The minimum atomic E-state index is -3.75. The van der Waals surface area contributed by atoms with Gasteiger partial charge in [-0.05, 0) is 24.3 Å². The predicted molar refractivity (Wildman–Crippen MR) is 83.3 cm³/mol. The van der Waals surface area contributed by atoms with Crippen molar-refractivity contribution in [2.24, 2.45) is 0 Å². The number of rotatable bonds is 3. The standard InChI is InChI=1S/C14H13ClN2O3S/c15-11-5-1-2-6-12(11)16-21(18,19)17-9-10-20-14-8-4-3-7-13(14)17/h1-8,16H,9-10H2. The highest BCUT2D eigenvalue weighted by Crippen LogP contribution is 2.33. The lowest BCUT2D eigenvalue weighted by molar-refractivity contribution is 0.316. The number of nitrogens with one attached hydrogen (secondary N) is 1. The number of fused-ring (bicyclic) bond motifs is 1. The Hall–Kier alpha value is -1.92. The minimum Gasteiger partial charge on any atom is -0.489 e. The van der Waals surface area contributed by atoms with Crippen LogP contribution in [0.4, 0.5) is 11.4 Å². The Morgan fingerprint density at radius 2 is 1.81 bits per heavy atom. The number of para-hydroxylation sites is 3. The number of benzene rings is 2. The third-order valence-corrected chi connectivity index (χ3v) is 4.86. The summed E-state index contributed by atoms with van der Waals surface area (Å²) in [5.41, 5.74) is 0.867. The van der Waals surface area contributed by atoms with E-state index in [0.717, 1.165) is 0 Å². The highest BCUT2D eigenvalue weighted by atomic mass is 35.5. The van der Waals surface area contributed by atoms with Gasteiger partial charge in [-0.25, -0.2) is 4.31 Å². The molecule has 2 aromatic carbocycles. The maximum Gasteiger partial charge on any atom is 0.324 e. The number of hydrogen-bond donors (Lipinski definition) is 1. The van der Waals surface area contributed by atoms with E-state index in [4.69, 9.17) is 16.3 Å². The fraction of sp³-hybridized carbons (Fsp3) is 0.143. The van der Waals surface area contributed by atoms with Crippen molar-refractivity contribution >= 4 is 33.2 Å². The van der Waals surface area contributed by atoms with E-state index in [1.54, 1.807) is 48.5 Å². The van der Waals surface area contributed by atoms with Crippen molar-refractivity contribution in [3.05, 3.63) is 53.6 Å². The van der Waals surface area contributed by atoms with Gasteiger partial charge in [-0.2, -0.15) is 8.42 Å². The first-order chi connectivity index (χ1) is 10.1. The molecular formula is C14H13ClN2O3S. The van der Waals surface area contributed by atoms with Crippen LogP contribution in [0.5, 0.6) is 5.75 Å². The van der Waals surface area contributed by atoms with Crippen LogP contribution in [0, 0.1) is 0 Å². The van der Waals surface area contributed by atoms with Crippen LogP contribution in [0.1, 0.15) is 0 Å². The molecule has 21 heavy (non-hydrogen) atoms. The number of ether oxygens (including phenoxy) is 1. The molecule has 3 rings (SSSR count). The molecule has 0 spiro atoms. The number of hydrogen-bond acceptors (Lipinski definition) is 3. The summed E-state index contributed by atoms with van der Waals surface area (Å²) >= 11 is 6.00. The Balaban J connectivity index is 1.95. The molecule has 0 bridgehead atoms. The zero-order valence-corrected chi connectivity index (χ0v) is 12.6. The van der Waals surface area contributed by atoms with E-state index < -0.39 is 10.2 Å². The van der Waals surface area contributed by atoms with Crippen molar-refractivity contribution in [2.75, 3.05) is 22.2 Å². The lowest BCUT2D eigenvalue weighted by Gasteiger charge is -2.30. The largest absolute Gasteiger partial charge is 0.489 e. The lowest BCUT2D eigenvalue weighted by atomic mass is 10.2. The number of halogens is 1.